The molecule has 1 aromatic carbocycles. The fraction of sp³-hybridized carbons (Fsp3) is 0.333. The number of halogens is 2. The Bertz CT molecular complexity index is 583. The quantitative estimate of drug-likeness (QED) is 0.934. The van der Waals surface area contributed by atoms with Gasteiger partial charge in [-0.2, -0.15) is 0 Å². The van der Waals surface area contributed by atoms with Gasteiger partial charge in [-0.1, -0.05) is 0 Å². The number of aryl methyl sites for hydroxylation is 2. The minimum atomic E-state index is -0.627. The lowest BCUT2D eigenvalue weighted by atomic mass is 10.1. The van der Waals surface area contributed by atoms with Gasteiger partial charge in [-0.3, -0.25) is 0 Å². The molecule has 0 saturated carbocycles. The second-order valence-electron chi connectivity index (χ2n) is 4.71. The first kappa shape index (κ1) is 14.5. The Morgan fingerprint density at radius 2 is 1.55 bits per heavy atom. The summed E-state index contributed by atoms with van der Waals surface area (Å²) in [6.45, 7) is 4.61. The lowest BCUT2D eigenvalue weighted by Gasteiger charge is -2.11. The van der Waals surface area contributed by atoms with Gasteiger partial charge in [0.05, 0.1) is 0 Å². The maximum Gasteiger partial charge on any atom is 0.159 e. The van der Waals surface area contributed by atoms with E-state index in [0.717, 1.165) is 36.0 Å². The van der Waals surface area contributed by atoms with Crippen LogP contribution in [0.1, 0.15) is 17.0 Å². The van der Waals surface area contributed by atoms with Crippen LogP contribution in [-0.2, 0) is 6.42 Å². The minimum Gasteiger partial charge on any atom is -0.319 e. The summed E-state index contributed by atoms with van der Waals surface area (Å²) in [5.74, 6) is -0.900. The van der Waals surface area contributed by atoms with Crippen molar-refractivity contribution in [3.8, 4) is 11.4 Å². The van der Waals surface area contributed by atoms with Crippen LogP contribution >= 0.6 is 0 Å². The van der Waals surface area contributed by atoms with E-state index in [0.29, 0.717) is 11.4 Å². The second-order valence-corrected chi connectivity index (χ2v) is 4.71. The van der Waals surface area contributed by atoms with Crippen molar-refractivity contribution in [3.63, 3.8) is 0 Å². The maximum absolute atomic E-state index is 13.3. The molecule has 1 N–H and O–H groups in total. The van der Waals surface area contributed by atoms with Gasteiger partial charge >= 0.3 is 0 Å². The van der Waals surface area contributed by atoms with Crippen LogP contribution in [0.25, 0.3) is 11.4 Å². The summed E-state index contributed by atoms with van der Waals surface area (Å²) in [6, 6.07) is 3.32. The van der Waals surface area contributed by atoms with Crippen molar-refractivity contribution in [1.82, 2.24) is 15.3 Å². The van der Waals surface area contributed by atoms with Crippen LogP contribution in [0.15, 0.2) is 18.2 Å². The van der Waals surface area contributed by atoms with Crippen molar-refractivity contribution in [2.45, 2.75) is 20.3 Å². The Balaban J connectivity index is 2.43. The predicted octanol–water partition coefficient (Wildman–Crippen LogP) is 2.80. The number of hydrogen-bond acceptors (Lipinski definition) is 3. The normalized spacial score (nSPS) is 10.8. The standard InChI is InChI=1S/C15H17F2N3/c1-9-14(4-5-18-3)10(2)20-15(19-9)11-6-12(16)8-13(17)7-11/h6-8,18H,4-5H2,1-3H3. The van der Waals surface area contributed by atoms with Gasteiger partial charge in [-0.05, 0) is 51.6 Å². The molecule has 0 spiro atoms. The zero-order valence-corrected chi connectivity index (χ0v) is 11.8. The molecule has 1 aromatic heterocycles. The van der Waals surface area contributed by atoms with Crippen LogP contribution in [0.2, 0.25) is 0 Å². The number of aromatic nitrogens is 2. The van der Waals surface area contributed by atoms with E-state index in [1.54, 1.807) is 0 Å². The Morgan fingerprint density at radius 1 is 1.00 bits per heavy atom. The average molecular weight is 277 g/mol. The SMILES string of the molecule is CNCCc1c(C)nc(-c2cc(F)cc(F)c2)nc1C. The van der Waals surface area contributed by atoms with Crippen LogP contribution in [0, 0.1) is 25.5 Å². The number of rotatable bonds is 4. The smallest absolute Gasteiger partial charge is 0.159 e. The molecule has 0 atom stereocenters. The molecule has 0 bridgehead atoms. The molecule has 0 saturated heterocycles. The molecular formula is C15H17F2N3. The summed E-state index contributed by atoms with van der Waals surface area (Å²) >= 11 is 0. The van der Waals surface area contributed by atoms with E-state index in [4.69, 9.17) is 0 Å². The molecule has 20 heavy (non-hydrogen) atoms. The number of benzene rings is 1. The van der Waals surface area contributed by atoms with Crippen LogP contribution in [0.5, 0.6) is 0 Å². The van der Waals surface area contributed by atoms with E-state index in [1.807, 2.05) is 20.9 Å². The summed E-state index contributed by atoms with van der Waals surface area (Å²) in [5.41, 5.74) is 3.11. The molecular weight excluding hydrogens is 260 g/mol. The van der Waals surface area contributed by atoms with E-state index < -0.39 is 11.6 Å². The fourth-order valence-electron chi connectivity index (χ4n) is 2.16. The van der Waals surface area contributed by atoms with E-state index in [1.165, 1.54) is 12.1 Å². The summed E-state index contributed by atoms with van der Waals surface area (Å²) in [4.78, 5) is 8.73. The predicted molar refractivity (Wildman–Crippen MR) is 74.5 cm³/mol. The minimum absolute atomic E-state index is 0.353. The van der Waals surface area contributed by atoms with E-state index in [-0.39, 0.29) is 0 Å². The molecule has 0 aliphatic rings. The molecule has 0 amide bonds. The fourth-order valence-corrected chi connectivity index (χ4v) is 2.16. The third kappa shape index (κ3) is 3.17. The van der Waals surface area contributed by atoms with Gasteiger partial charge in [0.15, 0.2) is 5.82 Å². The molecule has 106 valence electrons. The van der Waals surface area contributed by atoms with Crippen molar-refractivity contribution in [2.75, 3.05) is 13.6 Å². The highest BCUT2D eigenvalue weighted by atomic mass is 19.1. The molecule has 0 radical (unpaired) electrons. The summed E-state index contributed by atoms with van der Waals surface area (Å²) in [5, 5.41) is 3.08. The molecule has 0 aliphatic heterocycles. The third-order valence-electron chi connectivity index (χ3n) is 3.17. The Morgan fingerprint density at radius 3 is 2.05 bits per heavy atom. The second kappa shape index (κ2) is 6.05. The topological polar surface area (TPSA) is 37.8 Å². The lowest BCUT2D eigenvalue weighted by molar-refractivity contribution is 0.584. The highest BCUT2D eigenvalue weighted by molar-refractivity contribution is 5.56. The van der Waals surface area contributed by atoms with Crippen LogP contribution < -0.4 is 5.32 Å². The molecule has 0 fully saturated rings. The van der Waals surface area contributed by atoms with Crippen LogP contribution in [0.4, 0.5) is 8.78 Å². The Hall–Kier alpha value is -1.88. The number of likely N-dealkylation sites (N-methyl/N-ethyl adjacent to an activating group) is 1. The van der Waals surface area contributed by atoms with Crippen molar-refractivity contribution >= 4 is 0 Å². The van der Waals surface area contributed by atoms with E-state index in [2.05, 4.69) is 15.3 Å². The van der Waals surface area contributed by atoms with Crippen LogP contribution in [-0.4, -0.2) is 23.6 Å². The van der Waals surface area contributed by atoms with Crippen LogP contribution in [0.3, 0.4) is 0 Å². The van der Waals surface area contributed by atoms with Crippen molar-refractivity contribution in [3.05, 3.63) is 46.8 Å². The number of hydrogen-bond donors (Lipinski definition) is 1. The largest absolute Gasteiger partial charge is 0.319 e. The lowest BCUT2D eigenvalue weighted by Crippen LogP contribution is -2.13. The monoisotopic (exact) mass is 277 g/mol. The number of nitrogens with zero attached hydrogens (tertiary/aromatic N) is 2. The first-order valence-electron chi connectivity index (χ1n) is 6.46. The maximum atomic E-state index is 13.3. The van der Waals surface area contributed by atoms with Gasteiger partial charge < -0.3 is 5.32 Å². The first-order valence-corrected chi connectivity index (χ1v) is 6.46. The van der Waals surface area contributed by atoms with Gasteiger partial charge in [0.2, 0.25) is 0 Å². The molecule has 2 aromatic rings. The van der Waals surface area contributed by atoms with E-state index in [9.17, 15) is 8.78 Å². The summed E-state index contributed by atoms with van der Waals surface area (Å²) in [6.07, 6.45) is 0.825. The summed E-state index contributed by atoms with van der Waals surface area (Å²) < 4.78 is 26.5. The zero-order chi connectivity index (χ0) is 14.7. The molecule has 0 aliphatic carbocycles. The van der Waals surface area contributed by atoms with Crippen molar-refractivity contribution in [2.24, 2.45) is 0 Å². The van der Waals surface area contributed by atoms with Gasteiger partial charge in [0.25, 0.3) is 0 Å². The Labute approximate surface area is 117 Å². The molecule has 1 heterocycles. The van der Waals surface area contributed by atoms with Gasteiger partial charge in [-0.25, -0.2) is 18.7 Å². The van der Waals surface area contributed by atoms with Gasteiger partial charge in [0.1, 0.15) is 11.6 Å². The highest BCUT2D eigenvalue weighted by Crippen LogP contribution is 2.21. The molecule has 2 rings (SSSR count). The van der Waals surface area contributed by atoms with Gasteiger partial charge in [0, 0.05) is 23.0 Å². The molecule has 3 nitrogen and oxygen atoms in total. The highest BCUT2D eigenvalue weighted by Gasteiger charge is 2.11. The molecule has 0 unspecified atom stereocenters. The van der Waals surface area contributed by atoms with E-state index >= 15 is 0 Å². The Kier molecular flexibility index (Phi) is 4.39. The first-order chi connectivity index (χ1) is 9.51. The van der Waals surface area contributed by atoms with Crippen molar-refractivity contribution in [1.29, 1.82) is 0 Å². The zero-order valence-electron chi connectivity index (χ0n) is 11.8. The summed E-state index contributed by atoms with van der Waals surface area (Å²) in [7, 11) is 1.88. The average Bonchev–Trinajstić information content (AvgIpc) is 2.36. The molecule has 5 heteroatoms. The third-order valence-corrected chi connectivity index (χ3v) is 3.17. The van der Waals surface area contributed by atoms with Crippen molar-refractivity contribution < 1.29 is 8.78 Å². The number of nitrogens with one attached hydrogen (secondary N) is 1. The van der Waals surface area contributed by atoms with Gasteiger partial charge in [-0.15, -0.1) is 0 Å².